The Labute approximate surface area is 187 Å². The number of carbonyl (C=O) groups is 2. The number of pyridine rings is 2. The Kier molecular flexibility index (Phi) is 5.54. The fraction of sp³-hybridized carbons (Fsp3) is 0.130. The number of nitrogens with one attached hydrogen (secondary N) is 1. The molecule has 0 aliphatic rings. The van der Waals surface area contributed by atoms with Crippen molar-refractivity contribution < 1.29 is 14.0 Å². The van der Waals surface area contributed by atoms with Gasteiger partial charge in [0.25, 0.3) is 5.91 Å². The molecule has 10 heteroatoms. The van der Waals surface area contributed by atoms with Crippen LogP contribution < -0.4 is 11.1 Å². The Morgan fingerprint density at radius 2 is 2.00 bits per heavy atom. The average molecular weight is 443 g/mol. The fourth-order valence-corrected chi connectivity index (χ4v) is 3.48. The molecule has 0 aliphatic carbocycles. The first-order valence-electron chi connectivity index (χ1n) is 9.87. The van der Waals surface area contributed by atoms with Gasteiger partial charge >= 0.3 is 0 Å². The summed E-state index contributed by atoms with van der Waals surface area (Å²) in [6.45, 7) is 3.95. The molecule has 0 saturated heterocycles. The van der Waals surface area contributed by atoms with E-state index in [0.29, 0.717) is 29.3 Å². The maximum Gasteiger partial charge on any atom is 0.274 e. The lowest BCUT2D eigenvalue weighted by molar-refractivity contribution is 0.100. The van der Waals surface area contributed by atoms with Crippen LogP contribution in [0.15, 0.2) is 42.6 Å². The Balaban J connectivity index is 1.63. The summed E-state index contributed by atoms with van der Waals surface area (Å²) in [6.07, 6.45) is 1.60. The van der Waals surface area contributed by atoms with E-state index in [1.807, 2.05) is 6.07 Å². The van der Waals surface area contributed by atoms with Crippen LogP contribution in [0.2, 0.25) is 0 Å². The largest absolute Gasteiger partial charge is 0.366 e. The number of benzene rings is 1. The number of primary amides is 1. The number of rotatable bonds is 5. The lowest BCUT2D eigenvalue weighted by Crippen LogP contribution is -2.18. The molecule has 4 rings (SSSR count). The normalized spacial score (nSPS) is 10.7. The van der Waals surface area contributed by atoms with Gasteiger partial charge in [0, 0.05) is 11.6 Å². The number of nitrogens with two attached hydrogens (primary N) is 1. The summed E-state index contributed by atoms with van der Waals surface area (Å²) in [4.78, 5) is 33.2. The molecule has 0 radical (unpaired) electrons. The van der Waals surface area contributed by atoms with Crippen LogP contribution in [0.3, 0.4) is 0 Å². The van der Waals surface area contributed by atoms with E-state index in [0.717, 1.165) is 11.6 Å². The molecule has 0 aliphatic heterocycles. The summed E-state index contributed by atoms with van der Waals surface area (Å²) in [6, 6.07) is 10.4. The standard InChI is InChI=1S/C23H18FN7O2/c1-12-21(13(2)31(30-12)11-14-3-5-16(9-25)27-10-14)29-23(33)20-8-18(22(26)32)17-7-15(24)4-6-19(17)28-20/h3-8,10H,11H2,1-2H3,(H2,26,32)(H,29,33). The van der Waals surface area contributed by atoms with Gasteiger partial charge < -0.3 is 11.1 Å². The van der Waals surface area contributed by atoms with Crippen LogP contribution >= 0.6 is 0 Å². The zero-order valence-corrected chi connectivity index (χ0v) is 17.8. The fourth-order valence-electron chi connectivity index (χ4n) is 3.48. The molecule has 9 nitrogen and oxygen atoms in total. The maximum atomic E-state index is 13.6. The number of aryl methyl sites for hydroxylation is 1. The van der Waals surface area contributed by atoms with Gasteiger partial charge in [0.05, 0.1) is 34.7 Å². The Bertz CT molecular complexity index is 1450. The van der Waals surface area contributed by atoms with Gasteiger partial charge in [0.15, 0.2) is 0 Å². The Morgan fingerprint density at radius 3 is 2.67 bits per heavy atom. The number of anilines is 1. The molecule has 3 aromatic heterocycles. The highest BCUT2D eigenvalue weighted by Crippen LogP contribution is 2.23. The number of nitrogens with zero attached hydrogens (tertiary/aromatic N) is 5. The van der Waals surface area contributed by atoms with E-state index in [2.05, 4.69) is 20.4 Å². The first-order chi connectivity index (χ1) is 15.8. The monoisotopic (exact) mass is 443 g/mol. The van der Waals surface area contributed by atoms with E-state index in [1.54, 1.807) is 36.9 Å². The summed E-state index contributed by atoms with van der Waals surface area (Å²) in [5, 5.41) is 16.4. The maximum absolute atomic E-state index is 13.6. The molecule has 0 spiro atoms. The molecule has 0 unspecified atom stereocenters. The third-order valence-corrected chi connectivity index (χ3v) is 5.16. The second-order valence-electron chi connectivity index (χ2n) is 7.40. The van der Waals surface area contributed by atoms with Gasteiger partial charge in [-0.25, -0.2) is 14.4 Å². The van der Waals surface area contributed by atoms with E-state index in [4.69, 9.17) is 11.0 Å². The van der Waals surface area contributed by atoms with Gasteiger partial charge in [-0.05, 0) is 49.7 Å². The number of carbonyl (C=O) groups excluding carboxylic acids is 2. The van der Waals surface area contributed by atoms with E-state index in [1.165, 1.54) is 18.2 Å². The second-order valence-corrected chi connectivity index (χ2v) is 7.40. The zero-order chi connectivity index (χ0) is 23.7. The van der Waals surface area contributed by atoms with E-state index in [9.17, 15) is 14.0 Å². The van der Waals surface area contributed by atoms with Crippen molar-refractivity contribution in [1.82, 2.24) is 19.7 Å². The topological polar surface area (TPSA) is 140 Å². The van der Waals surface area contributed by atoms with E-state index >= 15 is 0 Å². The van der Waals surface area contributed by atoms with Crippen LogP contribution in [0.1, 0.15) is 43.5 Å². The number of hydrogen-bond acceptors (Lipinski definition) is 6. The number of aromatic nitrogens is 4. The van der Waals surface area contributed by atoms with Crippen molar-refractivity contribution in [2.75, 3.05) is 5.32 Å². The van der Waals surface area contributed by atoms with Gasteiger partial charge in [-0.1, -0.05) is 6.07 Å². The lowest BCUT2D eigenvalue weighted by Gasteiger charge is -2.09. The Morgan fingerprint density at radius 1 is 1.21 bits per heavy atom. The second kappa shape index (κ2) is 8.47. The van der Waals surface area contributed by atoms with Crippen LogP contribution in [0.4, 0.5) is 10.1 Å². The summed E-state index contributed by atoms with van der Waals surface area (Å²) in [5.74, 6) is -1.90. The minimum atomic E-state index is -0.793. The Hall–Kier alpha value is -4.65. The predicted octanol–water partition coefficient (Wildman–Crippen LogP) is 2.85. The van der Waals surface area contributed by atoms with Crippen molar-refractivity contribution in [3.8, 4) is 6.07 Å². The molecule has 164 valence electrons. The van der Waals surface area contributed by atoms with Gasteiger partial charge in [0.1, 0.15) is 23.3 Å². The molecular formula is C23H18FN7O2. The molecule has 33 heavy (non-hydrogen) atoms. The number of halogens is 1. The van der Waals surface area contributed by atoms with Gasteiger partial charge in [-0.2, -0.15) is 10.4 Å². The minimum Gasteiger partial charge on any atom is -0.366 e. The molecular weight excluding hydrogens is 425 g/mol. The highest BCUT2D eigenvalue weighted by Gasteiger charge is 2.19. The third kappa shape index (κ3) is 4.24. The quantitative estimate of drug-likeness (QED) is 0.486. The number of hydrogen-bond donors (Lipinski definition) is 2. The van der Waals surface area contributed by atoms with Crippen molar-refractivity contribution in [1.29, 1.82) is 5.26 Å². The van der Waals surface area contributed by atoms with Crippen LogP contribution in [0.25, 0.3) is 10.9 Å². The smallest absolute Gasteiger partial charge is 0.274 e. The average Bonchev–Trinajstić information content (AvgIpc) is 3.05. The number of nitriles is 1. The summed E-state index contributed by atoms with van der Waals surface area (Å²) in [5.41, 5.74) is 8.62. The lowest BCUT2D eigenvalue weighted by atomic mass is 10.1. The van der Waals surface area contributed by atoms with Gasteiger partial charge in [-0.3, -0.25) is 14.3 Å². The van der Waals surface area contributed by atoms with Gasteiger partial charge in [-0.15, -0.1) is 0 Å². The molecule has 0 atom stereocenters. The molecule has 4 aromatic rings. The molecule has 3 N–H and O–H groups in total. The molecule has 3 heterocycles. The zero-order valence-electron chi connectivity index (χ0n) is 17.8. The SMILES string of the molecule is Cc1nn(Cc2ccc(C#N)nc2)c(C)c1NC(=O)c1cc(C(N)=O)c2cc(F)ccc2n1. The van der Waals surface area contributed by atoms with Crippen molar-refractivity contribution in [3.05, 3.63) is 82.3 Å². The minimum absolute atomic E-state index is 0.00195. The highest BCUT2D eigenvalue weighted by molar-refractivity contribution is 6.10. The van der Waals surface area contributed by atoms with Gasteiger partial charge in [0.2, 0.25) is 5.91 Å². The van der Waals surface area contributed by atoms with Crippen LogP contribution in [-0.2, 0) is 6.54 Å². The van der Waals surface area contributed by atoms with Crippen LogP contribution in [0, 0.1) is 31.0 Å². The molecule has 0 saturated carbocycles. The first kappa shape index (κ1) is 21.6. The molecule has 2 amide bonds. The summed E-state index contributed by atoms with van der Waals surface area (Å²) in [7, 11) is 0. The van der Waals surface area contributed by atoms with Crippen LogP contribution in [0.5, 0.6) is 0 Å². The van der Waals surface area contributed by atoms with Crippen molar-refractivity contribution >= 4 is 28.4 Å². The number of fused-ring (bicyclic) bond motifs is 1. The van der Waals surface area contributed by atoms with Crippen molar-refractivity contribution in [2.45, 2.75) is 20.4 Å². The summed E-state index contributed by atoms with van der Waals surface area (Å²) < 4.78 is 15.3. The highest BCUT2D eigenvalue weighted by atomic mass is 19.1. The number of amides is 2. The molecule has 1 aromatic carbocycles. The molecule has 0 bridgehead atoms. The summed E-state index contributed by atoms with van der Waals surface area (Å²) >= 11 is 0. The third-order valence-electron chi connectivity index (χ3n) is 5.16. The van der Waals surface area contributed by atoms with E-state index in [-0.39, 0.29) is 22.2 Å². The van der Waals surface area contributed by atoms with Crippen molar-refractivity contribution in [3.63, 3.8) is 0 Å². The molecule has 0 fully saturated rings. The van der Waals surface area contributed by atoms with E-state index < -0.39 is 17.6 Å². The van der Waals surface area contributed by atoms with Crippen LogP contribution in [-0.4, -0.2) is 31.6 Å². The predicted molar refractivity (Wildman–Crippen MR) is 118 cm³/mol. The van der Waals surface area contributed by atoms with Crippen molar-refractivity contribution in [2.24, 2.45) is 5.73 Å². The first-order valence-corrected chi connectivity index (χ1v) is 9.87.